The first-order valence-corrected chi connectivity index (χ1v) is 15.2. The standard InChI is InChI=1S/C25H44N6O2S/c1-2-3-8-20-34(32,33)31-18-12-23(13-19-31)30-17-9-10-22(21-30)27-25-26-14-11-24(28-25)29-15-6-4-5-7-16-29/h11,14,22-23H,2-10,12-13,15-21H2,1H3,(H,26,27,28). The number of nitrogens with zero attached hydrogens (tertiary/aromatic N) is 5. The minimum atomic E-state index is -3.10. The molecule has 0 radical (unpaired) electrons. The zero-order chi connectivity index (χ0) is 23.8. The molecule has 0 spiro atoms. The lowest BCUT2D eigenvalue weighted by atomic mass is 9.99. The molecule has 192 valence electrons. The first-order valence-electron chi connectivity index (χ1n) is 13.6. The Kier molecular flexibility index (Phi) is 9.42. The lowest BCUT2D eigenvalue weighted by Crippen LogP contribution is -2.52. The molecule has 0 saturated carbocycles. The number of likely N-dealkylation sites (tertiary alicyclic amines) is 1. The van der Waals surface area contributed by atoms with Crippen LogP contribution >= 0.6 is 0 Å². The Bertz CT molecular complexity index is 851. The summed E-state index contributed by atoms with van der Waals surface area (Å²) in [6.07, 6.45) is 13.9. The Hall–Kier alpha value is -1.45. The minimum Gasteiger partial charge on any atom is -0.356 e. The molecule has 3 saturated heterocycles. The van der Waals surface area contributed by atoms with Crippen molar-refractivity contribution in [2.75, 3.05) is 55.2 Å². The monoisotopic (exact) mass is 492 g/mol. The third kappa shape index (κ3) is 7.04. The first kappa shape index (κ1) is 25.6. The van der Waals surface area contributed by atoms with E-state index in [0.29, 0.717) is 30.9 Å². The topological polar surface area (TPSA) is 81.7 Å². The molecule has 9 heteroatoms. The van der Waals surface area contributed by atoms with Gasteiger partial charge in [-0.3, -0.25) is 4.90 Å². The van der Waals surface area contributed by atoms with E-state index in [0.717, 1.165) is 82.9 Å². The molecule has 4 rings (SSSR count). The highest BCUT2D eigenvalue weighted by Crippen LogP contribution is 2.25. The smallest absolute Gasteiger partial charge is 0.224 e. The van der Waals surface area contributed by atoms with E-state index >= 15 is 0 Å². The number of rotatable bonds is 9. The van der Waals surface area contributed by atoms with Crippen molar-refractivity contribution < 1.29 is 8.42 Å². The number of nitrogens with one attached hydrogen (secondary N) is 1. The second-order valence-corrected chi connectivity index (χ2v) is 12.4. The van der Waals surface area contributed by atoms with Crippen molar-refractivity contribution in [3.8, 4) is 0 Å². The van der Waals surface area contributed by atoms with Crippen LogP contribution in [0.15, 0.2) is 12.3 Å². The molecule has 0 aliphatic carbocycles. The molecule has 1 atom stereocenters. The summed E-state index contributed by atoms with van der Waals surface area (Å²) in [4.78, 5) is 14.3. The summed E-state index contributed by atoms with van der Waals surface area (Å²) in [5.41, 5.74) is 0. The third-order valence-corrected chi connectivity index (χ3v) is 9.65. The quantitative estimate of drug-likeness (QED) is 0.526. The molecule has 3 fully saturated rings. The summed E-state index contributed by atoms with van der Waals surface area (Å²) < 4.78 is 27.0. The zero-order valence-electron chi connectivity index (χ0n) is 21.0. The van der Waals surface area contributed by atoms with E-state index in [1.165, 1.54) is 25.7 Å². The van der Waals surface area contributed by atoms with Crippen molar-refractivity contribution in [1.29, 1.82) is 0 Å². The lowest BCUT2D eigenvalue weighted by Gasteiger charge is -2.42. The van der Waals surface area contributed by atoms with Gasteiger partial charge in [0.05, 0.1) is 5.75 Å². The fourth-order valence-electron chi connectivity index (χ4n) is 5.68. The number of piperidine rings is 2. The Morgan fingerprint density at radius 1 is 0.971 bits per heavy atom. The van der Waals surface area contributed by atoms with Crippen LogP contribution in [0.1, 0.15) is 77.6 Å². The van der Waals surface area contributed by atoms with Gasteiger partial charge in [0.25, 0.3) is 0 Å². The highest BCUT2D eigenvalue weighted by atomic mass is 32.2. The normalized spacial score (nSPS) is 24.1. The maximum Gasteiger partial charge on any atom is 0.224 e. The van der Waals surface area contributed by atoms with Gasteiger partial charge in [-0.25, -0.2) is 17.7 Å². The molecule has 34 heavy (non-hydrogen) atoms. The molecular formula is C25H44N6O2S. The van der Waals surface area contributed by atoms with Crippen molar-refractivity contribution >= 4 is 21.8 Å². The number of anilines is 2. The Morgan fingerprint density at radius 3 is 2.47 bits per heavy atom. The molecule has 0 bridgehead atoms. The van der Waals surface area contributed by atoms with Gasteiger partial charge in [0.15, 0.2) is 0 Å². The van der Waals surface area contributed by atoms with Crippen molar-refractivity contribution in [3.63, 3.8) is 0 Å². The van der Waals surface area contributed by atoms with Gasteiger partial charge in [0, 0.05) is 51.0 Å². The predicted molar refractivity (Wildman–Crippen MR) is 139 cm³/mol. The molecule has 1 N–H and O–H groups in total. The van der Waals surface area contributed by atoms with Crippen LogP contribution in [0.2, 0.25) is 0 Å². The van der Waals surface area contributed by atoms with Gasteiger partial charge in [-0.15, -0.1) is 0 Å². The summed E-state index contributed by atoms with van der Waals surface area (Å²) in [6.45, 7) is 7.67. The Balaban J connectivity index is 1.28. The Morgan fingerprint density at radius 2 is 1.74 bits per heavy atom. The van der Waals surface area contributed by atoms with Crippen LogP contribution in [-0.2, 0) is 10.0 Å². The van der Waals surface area contributed by atoms with E-state index in [-0.39, 0.29) is 0 Å². The zero-order valence-corrected chi connectivity index (χ0v) is 21.8. The fourth-order valence-corrected chi connectivity index (χ4v) is 7.28. The van der Waals surface area contributed by atoms with Gasteiger partial charge in [0.1, 0.15) is 5.82 Å². The van der Waals surface area contributed by atoms with E-state index < -0.39 is 10.0 Å². The van der Waals surface area contributed by atoms with Gasteiger partial charge in [-0.1, -0.05) is 32.6 Å². The predicted octanol–water partition coefficient (Wildman–Crippen LogP) is 3.72. The average Bonchev–Trinajstić information content (AvgIpc) is 3.14. The van der Waals surface area contributed by atoms with Crippen molar-refractivity contribution in [3.05, 3.63) is 12.3 Å². The third-order valence-electron chi connectivity index (χ3n) is 7.70. The highest BCUT2D eigenvalue weighted by molar-refractivity contribution is 7.89. The maximum atomic E-state index is 12.6. The summed E-state index contributed by atoms with van der Waals surface area (Å²) in [6, 6.07) is 2.84. The number of hydrogen-bond acceptors (Lipinski definition) is 7. The summed E-state index contributed by atoms with van der Waals surface area (Å²) in [5.74, 6) is 2.08. The molecule has 3 aliphatic rings. The Labute approximate surface area is 206 Å². The van der Waals surface area contributed by atoms with Crippen LogP contribution in [-0.4, -0.2) is 84.7 Å². The maximum absolute atomic E-state index is 12.6. The minimum absolute atomic E-state index is 0.303. The molecule has 1 aromatic heterocycles. The van der Waals surface area contributed by atoms with Crippen molar-refractivity contribution in [2.45, 2.75) is 89.6 Å². The van der Waals surface area contributed by atoms with Crippen molar-refractivity contribution in [2.24, 2.45) is 0 Å². The van der Waals surface area contributed by atoms with Gasteiger partial charge >= 0.3 is 0 Å². The van der Waals surface area contributed by atoms with Crippen LogP contribution in [0.3, 0.4) is 0 Å². The first-order chi connectivity index (χ1) is 16.5. The summed E-state index contributed by atoms with van der Waals surface area (Å²) in [5, 5.41) is 3.61. The second-order valence-electron chi connectivity index (χ2n) is 10.3. The summed E-state index contributed by atoms with van der Waals surface area (Å²) >= 11 is 0. The summed E-state index contributed by atoms with van der Waals surface area (Å²) in [7, 11) is -3.10. The van der Waals surface area contributed by atoms with Gasteiger partial charge in [-0.2, -0.15) is 4.98 Å². The fraction of sp³-hybridized carbons (Fsp3) is 0.840. The van der Waals surface area contributed by atoms with E-state index in [1.54, 1.807) is 4.31 Å². The number of unbranched alkanes of at least 4 members (excludes halogenated alkanes) is 2. The molecule has 3 aliphatic heterocycles. The van der Waals surface area contributed by atoms with E-state index in [2.05, 4.69) is 27.0 Å². The molecule has 8 nitrogen and oxygen atoms in total. The van der Waals surface area contributed by atoms with Crippen LogP contribution in [0.4, 0.5) is 11.8 Å². The molecule has 1 unspecified atom stereocenters. The van der Waals surface area contributed by atoms with Gasteiger partial charge in [-0.05, 0) is 57.6 Å². The number of hydrogen-bond donors (Lipinski definition) is 1. The largest absolute Gasteiger partial charge is 0.356 e. The highest BCUT2D eigenvalue weighted by Gasteiger charge is 2.32. The lowest BCUT2D eigenvalue weighted by molar-refractivity contribution is 0.112. The van der Waals surface area contributed by atoms with Gasteiger partial charge in [0.2, 0.25) is 16.0 Å². The molecular weight excluding hydrogens is 448 g/mol. The van der Waals surface area contributed by atoms with E-state index in [1.807, 2.05) is 12.3 Å². The molecule has 0 aromatic carbocycles. The van der Waals surface area contributed by atoms with Crippen molar-refractivity contribution in [1.82, 2.24) is 19.2 Å². The average molecular weight is 493 g/mol. The van der Waals surface area contributed by atoms with Gasteiger partial charge < -0.3 is 10.2 Å². The van der Waals surface area contributed by atoms with Crippen LogP contribution in [0.5, 0.6) is 0 Å². The van der Waals surface area contributed by atoms with Crippen LogP contribution in [0, 0.1) is 0 Å². The molecule has 4 heterocycles. The van der Waals surface area contributed by atoms with Crippen LogP contribution < -0.4 is 10.2 Å². The number of aromatic nitrogens is 2. The van der Waals surface area contributed by atoms with E-state index in [4.69, 9.17) is 4.98 Å². The molecule has 0 amide bonds. The SMILES string of the molecule is CCCCCS(=O)(=O)N1CCC(N2CCCC(Nc3nccc(N4CCCCCC4)n3)C2)CC1. The van der Waals surface area contributed by atoms with Crippen LogP contribution in [0.25, 0.3) is 0 Å². The van der Waals surface area contributed by atoms with E-state index in [9.17, 15) is 8.42 Å². The molecule has 1 aromatic rings. The second kappa shape index (κ2) is 12.5. The number of sulfonamides is 1.